The van der Waals surface area contributed by atoms with Gasteiger partial charge in [0.15, 0.2) is 6.61 Å². The predicted octanol–water partition coefficient (Wildman–Crippen LogP) is 2.90. The summed E-state index contributed by atoms with van der Waals surface area (Å²) in [6, 6.07) is 2.61. The number of carbonyl (C=O) groups is 2. The van der Waals surface area contributed by atoms with Crippen LogP contribution in [0.15, 0.2) is 12.1 Å². The topological polar surface area (TPSA) is 98.5 Å². The molecular weight excluding hydrogens is 344 g/mol. The zero-order chi connectivity index (χ0) is 17.6. The number of hydrogen-bond donors (Lipinski definition) is 1. The number of nitrogens with one attached hydrogen (secondary N) is 1. The van der Waals surface area contributed by atoms with Gasteiger partial charge in [0.25, 0.3) is 5.91 Å². The summed E-state index contributed by atoms with van der Waals surface area (Å²) < 4.78 is 5.03. The fraction of sp³-hybridized carbons (Fsp3) is 0.647. The minimum Gasteiger partial charge on any atom is -0.451 e. The van der Waals surface area contributed by atoms with E-state index in [0.717, 1.165) is 48.4 Å². The molecule has 1 N–H and O–H groups in total. The average Bonchev–Trinajstić information content (AvgIpc) is 3.01. The van der Waals surface area contributed by atoms with Crippen molar-refractivity contribution in [3.63, 3.8) is 0 Å². The van der Waals surface area contributed by atoms with Crippen molar-refractivity contribution in [1.82, 2.24) is 5.32 Å². The van der Waals surface area contributed by atoms with Crippen molar-refractivity contribution in [2.24, 2.45) is 17.8 Å². The first-order chi connectivity index (χ1) is 11.9. The molecule has 1 amide bonds. The van der Waals surface area contributed by atoms with E-state index in [2.05, 4.69) is 5.32 Å². The Balaban J connectivity index is 1.32. The van der Waals surface area contributed by atoms with Crippen LogP contribution in [0.2, 0.25) is 0 Å². The Morgan fingerprint density at radius 1 is 1.20 bits per heavy atom. The van der Waals surface area contributed by atoms with Gasteiger partial charge in [-0.15, -0.1) is 0 Å². The second-order valence-electron chi connectivity index (χ2n) is 7.72. The van der Waals surface area contributed by atoms with Crippen molar-refractivity contribution >= 4 is 28.2 Å². The lowest BCUT2D eigenvalue weighted by molar-refractivity contribution is -0.380. The van der Waals surface area contributed by atoms with Gasteiger partial charge < -0.3 is 10.1 Å². The van der Waals surface area contributed by atoms with Gasteiger partial charge in [0.1, 0.15) is 4.88 Å². The first-order valence-corrected chi connectivity index (χ1v) is 9.46. The van der Waals surface area contributed by atoms with E-state index in [1.54, 1.807) is 0 Å². The van der Waals surface area contributed by atoms with E-state index in [0.29, 0.717) is 0 Å². The third-order valence-electron chi connectivity index (χ3n) is 5.75. The van der Waals surface area contributed by atoms with Crippen molar-refractivity contribution in [1.29, 1.82) is 0 Å². The highest BCUT2D eigenvalue weighted by Gasteiger charge is 2.51. The first kappa shape index (κ1) is 16.5. The number of ether oxygens (including phenoxy) is 1. The van der Waals surface area contributed by atoms with Gasteiger partial charge in [0, 0.05) is 11.6 Å². The molecule has 4 fully saturated rings. The van der Waals surface area contributed by atoms with Crippen molar-refractivity contribution in [2.75, 3.05) is 6.61 Å². The van der Waals surface area contributed by atoms with E-state index >= 15 is 0 Å². The molecule has 0 atom stereocenters. The normalized spacial score (nSPS) is 32.4. The molecule has 5 rings (SSSR count). The third-order valence-corrected chi connectivity index (χ3v) is 6.77. The highest BCUT2D eigenvalue weighted by atomic mass is 32.1. The Kier molecular flexibility index (Phi) is 4.02. The lowest BCUT2D eigenvalue weighted by atomic mass is 9.53. The molecule has 1 aromatic heterocycles. The van der Waals surface area contributed by atoms with E-state index in [4.69, 9.17) is 4.74 Å². The molecule has 8 heteroatoms. The summed E-state index contributed by atoms with van der Waals surface area (Å²) in [4.78, 5) is 34.5. The minimum absolute atomic E-state index is 0.111. The second kappa shape index (κ2) is 6.09. The summed E-state index contributed by atoms with van der Waals surface area (Å²) in [6.45, 7) is -0.341. The monoisotopic (exact) mass is 364 g/mol. The zero-order valence-electron chi connectivity index (χ0n) is 13.7. The van der Waals surface area contributed by atoms with E-state index in [1.165, 1.54) is 31.4 Å². The maximum absolute atomic E-state index is 12.3. The van der Waals surface area contributed by atoms with Crippen molar-refractivity contribution < 1.29 is 19.2 Å². The molecule has 134 valence electrons. The second-order valence-corrected chi connectivity index (χ2v) is 8.78. The molecule has 25 heavy (non-hydrogen) atoms. The summed E-state index contributed by atoms with van der Waals surface area (Å²) in [7, 11) is 0. The molecule has 0 aliphatic heterocycles. The Morgan fingerprint density at radius 2 is 1.80 bits per heavy atom. The van der Waals surface area contributed by atoms with Crippen LogP contribution in [0.4, 0.5) is 5.00 Å². The highest BCUT2D eigenvalue weighted by Crippen LogP contribution is 2.55. The third kappa shape index (κ3) is 3.27. The van der Waals surface area contributed by atoms with Gasteiger partial charge in [-0.1, -0.05) is 11.3 Å². The van der Waals surface area contributed by atoms with Gasteiger partial charge in [-0.2, -0.15) is 0 Å². The maximum atomic E-state index is 12.3. The number of nitrogens with zero attached hydrogens (tertiary/aromatic N) is 1. The quantitative estimate of drug-likeness (QED) is 0.492. The smallest absolute Gasteiger partial charge is 0.349 e. The largest absolute Gasteiger partial charge is 0.451 e. The molecule has 4 aliphatic carbocycles. The number of esters is 1. The van der Waals surface area contributed by atoms with Crippen LogP contribution in [0.5, 0.6) is 0 Å². The number of carbonyl (C=O) groups excluding carboxylic acids is 2. The van der Waals surface area contributed by atoms with Crippen molar-refractivity contribution in [2.45, 2.75) is 44.1 Å². The van der Waals surface area contributed by atoms with Crippen LogP contribution >= 0.6 is 11.3 Å². The molecular formula is C17H20N2O5S. The van der Waals surface area contributed by atoms with E-state index in [1.807, 2.05) is 0 Å². The van der Waals surface area contributed by atoms with Crippen molar-refractivity contribution in [3.05, 3.63) is 27.1 Å². The van der Waals surface area contributed by atoms with Crippen molar-refractivity contribution in [3.8, 4) is 0 Å². The first-order valence-electron chi connectivity index (χ1n) is 8.65. The number of hydrogen-bond acceptors (Lipinski definition) is 6. The van der Waals surface area contributed by atoms with Crippen LogP contribution < -0.4 is 5.32 Å². The predicted molar refractivity (Wildman–Crippen MR) is 90.3 cm³/mol. The highest BCUT2D eigenvalue weighted by molar-refractivity contribution is 7.17. The van der Waals surface area contributed by atoms with Crippen LogP contribution in [0.3, 0.4) is 0 Å². The number of thiophene rings is 1. The summed E-state index contributed by atoms with van der Waals surface area (Å²) in [5.41, 5.74) is -0.111. The number of rotatable bonds is 5. The molecule has 7 nitrogen and oxygen atoms in total. The van der Waals surface area contributed by atoms with E-state index in [9.17, 15) is 19.7 Å². The summed E-state index contributed by atoms with van der Waals surface area (Å²) >= 11 is 0.750. The lowest BCUT2D eigenvalue weighted by Crippen LogP contribution is -2.60. The van der Waals surface area contributed by atoms with Gasteiger partial charge in [0.2, 0.25) is 0 Å². The van der Waals surface area contributed by atoms with Gasteiger partial charge in [-0.25, -0.2) is 4.79 Å². The number of amides is 1. The minimum atomic E-state index is -0.696. The fourth-order valence-corrected chi connectivity index (χ4v) is 6.05. The molecule has 4 aliphatic rings. The van der Waals surface area contributed by atoms with Crippen LogP contribution in [-0.2, 0) is 9.53 Å². The maximum Gasteiger partial charge on any atom is 0.349 e. The fourth-order valence-electron chi connectivity index (χ4n) is 5.33. The molecule has 0 spiro atoms. The number of nitro groups is 1. The van der Waals surface area contributed by atoms with Gasteiger partial charge in [-0.3, -0.25) is 14.9 Å². The lowest BCUT2D eigenvalue weighted by Gasteiger charge is -2.56. The molecule has 0 saturated heterocycles. The molecule has 4 bridgehead atoms. The van der Waals surface area contributed by atoms with Crippen LogP contribution in [0, 0.1) is 27.9 Å². The Morgan fingerprint density at radius 3 is 2.32 bits per heavy atom. The Bertz CT molecular complexity index is 693. The molecule has 4 saturated carbocycles. The molecule has 1 heterocycles. The SMILES string of the molecule is O=C(COC(=O)c1ccc([N+](=O)[O-])s1)NC12CC3CC(CC(C3)C1)C2. The molecule has 1 aromatic rings. The van der Waals surface area contributed by atoms with Crippen LogP contribution in [0.25, 0.3) is 0 Å². The van der Waals surface area contributed by atoms with E-state index in [-0.39, 0.29) is 27.9 Å². The summed E-state index contributed by atoms with van der Waals surface area (Å²) in [5.74, 6) is 1.20. The van der Waals surface area contributed by atoms with Crippen LogP contribution in [0.1, 0.15) is 48.2 Å². The standard InChI is InChI=1S/C17H20N2O5S/c20-14(9-24-16(21)13-1-2-15(25-13)19(22)23)18-17-6-10-3-11(7-17)5-12(4-10)8-17/h1-2,10-12H,3-9H2,(H,18,20). The Hall–Kier alpha value is -1.96. The molecule has 0 radical (unpaired) electrons. The van der Waals surface area contributed by atoms with Gasteiger partial charge in [-0.05, 0) is 62.3 Å². The zero-order valence-corrected chi connectivity index (χ0v) is 14.5. The van der Waals surface area contributed by atoms with Crippen LogP contribution in [-0.4, -0.2) is 28.9 Å². The molecule has 0 aromatic carbocycles. The summed E-state index contributed by atoms with van der Waals surface area (Å²) in [6.07, 6.45) is 6.99. The molecule has 0 unspecified atom stereocenters. The Labute approximate surface area is 148 Å². The summed E-state index contributed by atoms with van der Waals surface area (Å²) in [5, 5.41) is 13.7. The van der Waals surface area contributed by atoms with Gasteiger partial charge in [0.05, 0.1) is 4.92 Å². The van der Waals surface area contributed by atoms with E-state index < -0.39 is 10.9 Å². The average molecular weight is 364 g/mol. The van der Waals surface area contributed by atoms with Gasteiger partial charge >= 0.3 is 11.0 Å².